The molecule has 2 fully saturated rings. The standard InChI is InChI=1S/C15H26N2O4/c1-10-4-7-17(12(8-10)14(18)19)15(20)16-6-5-11(2)13(9-16)21-3/h10-13H,4-9H2,1-3H3,(H,18,19). The van der Waals surface area contributed by atoms with Crippen LogP contribution in [0.25, 0.3) is 0 Å². The molecule has 2 amide bonds. The summed E-state index contributed by atoms with van der Waals surface area (Å²) in [6, 6.07) is -0.843. The van der Waals surface area contributed by atoms with Crippen molar-refractivity contribution in [1.29, 1.82) is 0 Å². The molecule has 2 heterocycles. The van der Waals surface area contributed by atoms with Crippen LogP contribution in [-0.4, -0.2) is 65.8 Å². The second kappa shape index (κ2) is 6.64. The van der Waals surface area contributed by atoms with Crippen molar-refractivity contribution < 1.29 is 19.4 Å². The van der Waals surface area contributed by atoms with Gasteiger partial charge in [0.1, 0.15) is 6.04 Å². The molecule has 4 atom stereocenters. The molecular weight excluding hydrogens is 272 g/mol. The summed E-state index contributed by atoms with van der Waals surface area (Å²) in [4.78, 5) is 27.4. The summed E-state index contributed by atoms with van der Waals surface area (Å²) in [6.45, 7) is 5.92. The molecule has 0 aromatic carbocycles. The summed E-state index contributed by atoms with van der Waals surface area (Å²) >= 11 is 0. The van der Waals surface area contributed by atoms with E-state index in [0.29, 0.717) is 37.9 Å². The minimum atomic E-state index is -0.899. The first kappa shape index (κ1) is 16.1. The van der Waals surface area contributed by atoms with Crippen molar-refractivity contribution in [3.05, 3.63) is 0 Å². The van der Waals surface area contributed by atoms with Gasteiger partial charge in [0.05, 0.1) is 6.10 Å². The number of hydrogen-bond donors (Lipinski definition) is 1. The zero-order chi connectivity index (χ0) is 15.6. The molecule has 0 aromatic rings. The van der Waals surface area contributed by atoms with Gasteiger partial charge in [-0.05, 0) is 31.1 Å². The van der Waals surface area contributed by atoms with E-state index in [4.69, 9.17) is 4.74 Å². The molecule has 0 aliphatic carbocycles. The number of ether oxygens (including phenoxy) is 1. The zero-order valence-corrected chi connectivity index (χ0v) is 13.1. The molecule has 0 bridgehead atoms. The minimum Gasteiger partial charge on any atom is -0.480 e. The number of nitrogens with zero attached hydrogens (tertiary/aromatic N) is 2. The van der Waals surface area contributed by atoms with Gasteiger partial charge in [0.25, 0.3) is 0 Å². The second-order valence-corrected chi connectivity index (χ2v) is 6.45. The molecule has 0 aromatic heterocycles. The molecule has 2 aliphatic rings. The maximum Gasteiger partial charge on any atom is 0.326 e. The highest BCUT2D eigenvalue weighted by Gasteiger charge is 2.38. The van der Waals surface area contributed by atoms with E-state index in [9.17, 15) is 14.7 Å². The Bertz CT molecular complexity index is 401. The van der Waals surface area contributed by atoms with Gasteiger partial charge in [-0.25, -0.2) is 9.59 Å². The monoisotopic (exact) mass is 298 g/mol. The van der Waals surface area contributed by atoms with Gasteiger partial charge < -0.3 is 19.6 Å². The number of hydrogen-bond acceptors (Lipinski definition) is 3. The van der Waals surface area contributed by atoms with E-state index in [0.717, 1.165) is 12.8 Å². The number of methoxy groups -OCH3 is 1. The maximum absolute atomic E-state index is 12.7. The third-order valence-electron chi connectivity index (χ3n) is 4.86. The van der Waals surface area contributed by atoms with Gasteiger partial charge >= 0.3 is 12.0 Å². The van der Waals surface area contributed by atoms with Crippen molar-refractivity contribution in [1.82, 2.24) is 9.80 Å². The summed E-state index contributed by atoms with van der Waals surface area (Å²) in [7, 11) is 1.66. The van der Waals surface area contributed by atoms with Crippen molar-refractivity contribution >= 4 is 12.0 Å². The number of amides is 2. The summed E-state index contributed by atoms with van der Waals surface area (Å²) in [5.41, 5.74) is 0. The molecule has 4 unspecified atom stereocenters. The van der Waals surface area contributed by atoms with Crippen LogP contribution in [0, 0.1) is 11.8 Å². The van der Waals surface area contributed by atoms with E-state index >= 15 is 0 Å². The van der Waals surface area contributed by atoms with Crippen LogP contribution in [0.3, 0.4) is 0 Å². The largest absolute Gasteiger partial charge is 0.480 e. The van der Waals surface area contributed by atoms with E-state index in [1.54, 1.807) is 12.0 Å². The molecule has 6 nitrogen and oxygen atoms in total. The van der Waals surface area contributed by atoms with Crippen LogP contribution in [0.2, 0.25) is 0 Å². The number of carbonyl (C=O) groups is 2. The Kier molecular flexibility index (Phi) is 5.08. The average Bonchev–Trinajstić information content (AvgIpc) is 2.47. The number of carbonyl (C=O) groups excluding carboxylic acids is 1. The van der Waals surface area contributed by atoms with Crippen molar-refractivity contribution in [3.63, 3.8) is 0 Å². The molecule has 21 heavy (non-hydrogen) atoms. The van der Waals surface area contributed by atoms with E-state index in [1.165, 1.54) is 4.90 Å². The number of carboxylic acids is 1. The molecule has 2 aliphatic heterocycles. The lowest BCUT2D eigenvalue weighted by Crippen LogP contribution is -2.57. The number of rotatable bonds is 2. The summed E-state index contributed by atoms with van der Waals surface area (Å²) < 4.78 is 5.43. The van der Waals surface area contributed by atoms with Gasteiger partial charge in [-0.2, -0.15) is 0 Å². The first-order chi connectivity index (χ1) is 9.93. The minimum absolute atomic E-state index is 0.0368. The number of likely N-dealkylation sites (tertiary alicyclic amines) is 2. The fraction of sp³-hybridized carbons (Fsp3) is 0.867. The van der Waals surface area contributed by atoms with Crippen LogP contribution in [0.5, 0.6) is 0 Å². The summed E-state index contributed by atoms with van der Waals surface area (Å²) in [6.07, 6.45) is 2.34. The third kappa shape index (κ3) is 3.48. The van der Waals surface area contributed by atoms with Gasteiger partial charge in [-0.3, -0.25) is 0 Å². The fourth-order valence-corrected chi connectivity index (χ4v) is 3.30. The predicted octanol–water partition coefficient (Wildman–Crippen LogP) is 1.65. The Morgan fingerprint density at radius 2 is 1.90 bits per heavy atom. The van der Waals surface area contributed by atoms with Crippen molar-refractivity contribution in [2.75, 3.05) is 26.7 Å². The highest BCUT2D eigenvalue weighted by atomic mass is 16.5. The SMILES string of the molecule is COC1CN(C(=O)N2CCC(C)CC2C(=O)O)CCC1C. The van der Waals surface area contributed by atoms with Crippen molar-refractivity contribution in [2.24, 2.45) is 11.8 Å². The molecule has 2 rings (SSSR count). The van der Waals surface area contributed by atoms with Gasteiger partial charge in [-0.15, -0.1) is 0 Å². The van der Waals surface area contributed by atoms with Gasteiger partial charge in [-0.1, -0.05) is 13.8 Å². The van der Waals surface area contributed by atoms with Crippen LogP contribution < -0.4 is 0 Å². The van der Waals surface area contributed by atoms with Crippen LogP contribution in [-0.2, 0) is 9.53 Å². The number of carboxylic acid groups (broad SMARTS) is 1. The molecule has 0 radical (unpaired) electrons. The first-order valence-electron chi connectivity index (χ1n) is 7.75. The van der Waals surface area contributed by atoms with E-state index in [-0.39, 0.29) is 12.1 Å². The molecule has 2 saturated heterocycles. The predicted molar refractivity (Wildman–Crippen MR) is 78.1 cm³/mol. The van der Waals surface area contributed by atoms with E-state index in [1.807, 2.05) is 6.92 Å². The van der Waals surface area contributed by atoms with Crippen LogP contribution in [0.1, 0.15) is 33.1 Å². The molecule has 1 N–H and O–H groups in total. The normalized spacial score (nSPS) is 33.9. The quantitative estimate of drug-likeness (QED) is 0.841. The zero-order valence-electron chi connectivity index (χ0n) is 13.1. The second-order valence-electron chi connectivity index (χ2n) is 6.45. The number of urea groups is 1. The van der Waals surface area contributed by atoms with Crippen molar-refractivity contribution in [3.8, 4) is 0 Å². The lowest BCUT2D eigenvalue weighted by Gasteiger charge is -2.42. The highest BCUT2D eigenvalue weighted by Crippen LogP contribution is 2.26. The molecular formula is C15H26N2O4. The van der Waals surface area contributed by atoms with Crippen LogP contribution in [0.15, 0.2) is 0 Å². The Morgan fingerprint density at radius 3 is 2.52 bits per heavy atom. The smallest absolute Gasteiger partial charge is 0.326 e. The molecule has 120 valence electrons. The summed E-state index contributed by atoms with van der Waals surface area (Å²) in [5.74, 6) is -0.123. The van der Waals surface area contributed by atoms with E-state index < -0.39 is 12.0 Å². The van der Waals surface area contributed by atoms with Gasteiger partial charge in [0, 0.05) is 26.7 Å². The Morgan fingerprint density at radius 1 is 1.19 bits per heavy atom. The lowest BCUT2D eigenvalue weighted by atomic mass is 9.92. The Balaban J connectivity index is 2.05. The number of aliphatic carboxylic acids is 1. The van der Waals surface area contributed by atoms with E-state index in [2.05, 4.69) is 6.92 Å². The lowest BCUT2D eigenvalue weighted by molar-refractivity contribution is -0.144. The summed E-state index contributed by atoms with van der Waals surface area (Å²) in [5, 5.41) is 9.38. The van der Waals surface area contributed by atoms with Crippen LogP contribution >= 0.6 is 0 Å². The maximum atomic E-state index is 12.7. The third-order valence-corrected chi connectivity index (χ3v) is 4.86. The molecule has 0 saturated carbocycles. The Labute approximate surface area is 126 Å². The van der Waals surface area contributed by atoms with Crippen LogP contribution in [0.4, 0.5) is 4.79 Å². The Hall–Kier alpha value is -1.30. The number of piperidine rings is 2. The first-order valence-corrected chi connectivity index (χ1v) is 7.75. The topological polar surface area (TPSA) is 70.1 Å². The average molecular weight is 298 g/mol. The fourth-order valence-electron chi connectivity index (χ4n) is 3.30. The molecule has 0 spiro atoms. The highest BCUT2D eigenvalue weighted by molar-refractivity contribution is 5.83. The van der Waals surface area contributed by atoms with Gasteiger partial charge in [0.2, 0.25) is 0 Å². The van der Waals surface area contributed by atoms with Gasteiger partial charge in [0.15, 0.2) is 0 Å². The van der Waals surface area contributed by atoms with Crippen molar-refractivity contribution in [2.45, 2.75) is 45.3 Å². The molecule has 6 heteroatoms.